The summed E-state index contributed by atoms with van der Waals surface area (Å²) in [6, 6.07) is 13.3. The maximum absolute atomic E-state index is 13.1. The summed E-state index contributed by atoms with van der Waals surface area (Å²) in [6.07, 6.45) is 1.74. The molecule has 0 aliphatic heterocycles. The Kier molecular flexibility index (Phi) is 5.67. The summed E-state index contributed by atoms with van der Waals surface area (Å²) < 4.78 is 14.3. The summed E-state index contributed by atoms with van der Waals surface area (Å²) in [5.74, 6) is -0.152. The molecular formula is C18H19FN2S. The van der Waals surface area contributed by atoms with Crippen molar-refractivity contribution in [1.82, 2.24) is 9.97 Å². The molecule has 0 aliphatic rings. The topological polar surface area (TPSA) is 28.7 Å². The molecule has 4 rings (SSSR count). The second-order valence-corrected chi connectivity index (χ2v) is 5.39. The Morgan fingerprint density at radius 3 is 2.64 bits per heavy atom. The lowest BCUT2D eigenvalue weighted by Gasteiger charge is -1.94. The van der Waals surface area contributed by atoms with Crippen molar-refractivity contribution in [2.45, 2.75) is 20.8 Å². The van der Waals surface area contributed by atoms with Crippen LogP contribution in [0.3, 0.4) is 0 Å². The number of hydrogen-bond donors (Lipinski definition) is 1. The Hall–Kier alpha value is -2.20. The molecule has 0 saturated carbocycles. The zero-order chi connectivity index (χ0) is 15.9. The van der Waals surface area contributed by atoms with Crippen LogP contribution in [0.4, 0.5) is 4.39 Å². The molecule has 0 unspecified atom stereocenters. The van der Waals surface area contributed by atoms with E-state index in [2.05, 4.69) is 16.0 Å². The van der Waals surface area contributed by atoms with E-state index in [9.17, 15) is 4.39 Å². The number of fused-ring (bicyclic) bond motifs is 2. The number of aromatic amines is 1. The number of aryl methyl sites for hydroxylation is 1. The summed E-state index contributed by atoms with van der Waals surface area (Å²) in [7, 11) is 0. The van der Waals surface area contributed by atoms with E-state index >= 15 is 0 Å². The highest BCUT2D eigenvalue weighted by atomic mass is 32.1. The van der Waals surface area contributed by atoms with E-state index in [1.807, 2.05) is 50.5 Å². The third-order valence-electron chi connectivity index (χ3n) is 3.00. The SMILES string of the molecule is CC.Cc1cc(F)c2cc[nH]c2c1.c1ccc2scnc2c1. The molecule has 1 N–H and O–H groups in total. The molecular weight excluding hydrogens is 295 g/mol. The highest BCUT2D eigenvalue weighted by Crippen LogP contribution is 2.17. The van der Waals surface area contributed by atoms with Gasteiger partial charge in [0.1, 0.15) is 5.82 Å². The standard InChI is InChI=1S/C9H8FN.C7H5NS.C2H6/c1-6-4-8(10)7-2-3-11-9(7)5-6;1-2-4-7-6(3-1)8-5-9-7;1-2/h2-5,11H,1H3;1-5H;1-2H3. The van der Waals surface area contributed by atoms with E-state index < -0.39 is 0 Å². The molecule has 0 atom stereocenters. The van der Waals surface area contributed by atoms with Gasteiger partial charge < -0.3 is 4.98 Å². The fourth-order valence-corrected chi connectivity index (χ4v) is 2.74. The van der Waals surface area contributed by atoms with Crippen LogP contribution in [0.15, 0.2) is 54.2 Å². The molecule has 22 heavy (non-hydrogen) atoms. The monoisotopic (exact) mass is 314 g/mol. The number of aromatic nitrogens is 2. The van der Waals surface area contributed by atoms with Crippen LogP contribution in [0.1, 0.15) is 19.4 Å². The Labute approximate surface area is 133 Å². The first kappa shape index (κ1) is 16.2. The van der Waals surface area contributed by atoms with Crippen molar-refractivity contribution in [2.24, 2.45) is 0 Å². The maximum atomic E-state index is 13.1. The molecule has 0 spiro atoms. The van der Waals surface area contributed by atoms with Gasteiger partial charge in [-0.1, -0.05) is 26.0 Å². The van der Waals surface area contributed by atoms with Gasteiger partial charge in [0.05, 0.1) is 15.7 Å². The van der Waals surface area contributed by atoms with E-state index in [1.165, 1.54) is 10.8 Å². The van der Waals surface area contributed by atoms with Crippen LogP contribution in [0.5, 0.6) is 0 Å². The predicted octanol–water partition coefficient (Wildman–Crippen LogP) is 5.94. The van der Waals surface area contributed by atoms with E-state index in [4.69, 9.17) is 0 Å². The number of hydrogen-bond acceptors (Lipinski definition) is 2. The Balaban J connectivity index is 0.000000146. The van der Waals surface area contributed by atoms with E-state index in [0.717, 1.165) is 16.6 Å². The van der Waals surface area contributed by atoms with Crippen LogP contribution in [-0.4, -0.2) is 9.97 Å². The van der Waals surface area contributed by atoms with Gasteiger partial charge in [-0.15, -0.1) is 11.3 Å². The number of rotatable bonds is 0. The molecule has 0 bridgehead atoms. The molecule has 0 fully saturated rings. The van der Waals surface area contributed by atoms with E-state index in [0.29, 0.717) is 5.39 Å². The smallest absolute Gasteiger partial charge is 0.132 e. The number of thiazole rings is 1. The molecule has 0 saturated heterocycles. The molecule has 2 heterocycles. The second kappa shape index (κ2) is 7.71. The van der Waals surface area contributed by atoms with Gasteiger partial charge in [0.2, 0.25) is 0 Å². The highest BCUT2D eigenvalue weighted by Gasteiger charge is 2.00. The van der Waals surface area contributed by atoms with Gasteiger partial charge in [0.25, 0.3) is 0 Å². The summed E-state index contributed by atoms with van der Waals surface area (Å²) in [5, 5.41) is 0.663. The van der Waals surface area contributed by atoms with Crippen molar-refractivity contribution >= 4 is 32.5 Å². The molecule has 114 valence electrons. The minimum absolute atomic E-state index is 0.152. The van der Waals surface area contributed by atoms with Gasteiger partial charge >= 0.3 is 0 Å². The zero-order valence-electron chi connectivity index (χ0n) is 12.9. The van der Waals surface area contributed by atoms with Crippen LogP contribution in [0.2, 0.25) is 0 Å². The number of nitrogens with zero attached hydrogens (tertiary/aromatic N) is 1. The Morgan fingerprint density at radius 1 is 1.09 bits per heavy atom. The first-order valence-corrected chi connectivity index (χ1v) is 8.13. The summed E-state index contributed by atoms with van der Waals surface area (Å²) in [5.41, 5.74) is 4.77. The van der Waals surface area contributed by atoms with E-state index in [-0.39, 0.29) is 5.82 Å². The van der Waals surface area contributed by atoms with Crippen LogP contribution in [0.25, 0.3) is 21.1 Å². The van der Waals surface area contributed by atoms with Crippen molar-refractivity contribution in [3.8, 4) is 0 Å². The van der Waals surface area contributed by atoms with Crippen molar-refractivity contribution in [2.75, 3.05) is 0 Å². The summed E-state index contributed by atoms with van der Waals surface area (Å²) >= 11 is 1.68. The lowest BCUT2D eigenvalue weighted by atomic mass is 10.2. The summed E-state index contributed by atoms with van der Waals surface area (Å²) in [6.45, 7) is 5.88. The van der Waals surface area contributed by atoms with Gasteiger partial charge in [0.15, 0.2) is 0 Å². The molecule has 2 aromatic carbocycles. The van der Waals surface area contributed by atoms with Crippen molar-refractivity contribution < 1.29 is 4.39 Å². The van der Waals surface area contributed by atoms with Crippen molar-refractivity contribution in [3.63, 3.8) is 0 Å². The number of halogens is 1. The second-order valence-electron chi connectivity index (χ2n) is 4.51. The fraction of sp³-hybridized carbons (Fsp3) is 0.167. The predicted molar refractivity (Wildman–Crippen MR) is 94.0 cm³/mol. The molecule has 0 amide bonds. The quantitative estimate of drug-likeness (QED) is 0.427. The number of nitrogens with one attached hydrogen (secondary N) is 1. The third kappa shape index (κ3) is 3.71. The third-order valence-corrected chi connectivity index (χ3v) is 3.81. The lowest BCUT2D eigenvalue weighted by molar-refractivity contribution is 0.639. The summed E-state index contributed by atoms with van der Waals surface area (Å²) in [4.78, 5) is 7.10. The Bertz CT molecular complexity index is 818. The van der Waals surface area contributed by atoms with Crippen molar-refractivity contribution in [3.05, 3.63) is 65.6 Å². The van der Waals surface area contributed by atoms with Gasteiger partial charge in [-0.25, -0.2) is 9.37 Å². The van der Waals surface area contributed by atoms with Crippen LogP contribution in [0, 0.1) is 12.7 Å². The lowest BCUT2D eigenvalue weighted by Crippen LogP contribution is -1.78. The first-order valence-electron chi connectivity index (χ1n) is 7.25. The van der Waals surface area contributed by atoms with Crippen molar-refractivity contribution in [1.29, 1.82) is 0 Å². The van der Waals surface area contributed by atoms with Gasteiger partial charge in [-0.3, -0.25) is 0 Å². The molecule has 4 heteroatoms. The molecule has 0 aliphatic carbocycles. The van der Waals surface area contributed by atoms with Gasteiger partial charge in [-0.2, -0.15) is 0 Å². The number of para-hydroxylation sites is 1. The van der Waals surface area contributed by atoms with Crippen LogP contribution >= 0.6 is 11.3 Å². The number of benzene rings is 2. The fourth-order valence-electron chi connectivity index (χ4n) is 2.06. The zero-order valence-corrected chi connectivity index (χ0v) is 13.7. The number of H-pyrrole nitrogens is 1. The minimum atomic E-state index is -0.152. The van der Waals surface area contributed by atoms with Gasteiger partial charge in [-0.05, 0) is 42.8 Å². The molecule has 0 radical (unpaired) electrons. The average Bonchev–Trinajstić information content (AvgIpc) is 3.18. The van der Waals surface area contributed by atoms with Crippen LogP contribution < -0.4 is 0 Å². The van der Waals surface area contributed by atoms with E-state index in [1.54, 1.807) is 23.6 Å². The molecule has 2 aromatic heterocycles. The first-order chi connectivity index (χ1) is 10.7. The van der Waals surface area contributed by atoms with Crippen LogP contribution in [-0.2, 0) is 0 Å². The maximum Gasteiger partial charge on any atom is 0.132 e. The average molecular weight is 314 g/mol. The normalized spacial score (nSPS) is 9.82. The Morgan fingerprint density at radius 2 is 1.86 bits per heavy atom. The highest BCUT2D eigenvalue weighted by molar-refractivity contribution is 7.16. The van der Waals surface area contributed by atoms with Gasteiger partial charge in [0, 0.05) is 17.1 Å². The molecule has 2 nitrogen and oxygen atoms in total. The largest absolute Gasteiger partial charge is 0.361 e. The molecule has 4 aromatic rings. The minimum Gasteiger partial charge on any atom is -0.361 e.